The summed E-state index contributed by atoms with van der Waals surface area (Å²) >= 11 is 6.71. The molecule has 0 unspecified atom stereocenters. The maximum atomic E-state index is 12.3. The van der Waals surface area contributed by atoms with Crippen molar-refractivity contribution in [1.29, 1.82) is 0 Å². The normalized spacial score (nSPS) is 11.2. The Bertz CT molecular complexity index is 841. The molecule has 0 aliphatic carbocycles. The van der Waals surface area contributed by atoms with Gasteiger partial charge in [0.15, 0.2) is 4.77 Å². The summed E-state index contributed by atoms with van der Waals surface area (Å²) in [5.74, 6) is 0.826. The van der Waals surface area contributed by atoms with Gasteiger partial charge in [0, 0.05) is 20.0 Å². The zero-order chi connectivity index (χ0) is 13.4. The quantitative estimate of drug-likeness (QED) is 0.743. The van der Waals surface area contributed by atoms with Crippen molar-refractivity contribution in [3.8, 4) is 0 Å². The first kappa shape index (κ1) is 12.2. The second-order valence-corrected chi connectivity index (χ2v) is 5.46. The van der Waals surface area contributed by atoms with Crippen LogP contribution in [0.15, 0.2) is 22.6 Å². The number of nitrogens with one attached hydrogen (secondary N) is 1. The van der Waals surface area contributed by atoms with Gasteiger partial charge in [-0.1, -0.05) is 0 Å². The van der Waals surface area contributed by atoms with Crippen molar-refractivity contribution in [2.75, 3.05) is 0 Å². The second-order valence-electron chi connectivity index (χ2n) is 4.16. The van der Waals surface area contributed by atoms with Crippen molar-refractivity contribution < 1.29 is 0 Å². The predicted octanol–water partition coefficient (Wildman–Crippen LogP) is 1.49. The van der Waals surface area contributed by atoms with Gasteiger partial charge in [0.2, 0.25) is 0 Å². The standard InChI is InChI=1S/C11H11N5OS2/c1-15-6-12-14-8(15)2-4-16-10(17)7-3-5-19-9(7)13-11(16)18/h3,5-6H,2,4H2,1H3,(H,13,18). The molecule has 3 aromatic rings. The highest BCUT2D eigenvalue weighted by Gasteiger charge is 2.08. The van der Waals surface area contributed by atoms with E-state index in [0.717, 1.165) is 10.7 Å². The number of aromatic nitrogens is 5. The van der Waals surface area contributed by atoms with E-state index in [0.29, 0.717) is 23.1 Å². The number of hydrogen-bond acceptors (Lipinski definition) is 5. The smallest absolute Gasteiger partial charge is 0.263 e. The van der Waals surface area contributed by atoms with E-state index in [4.69, 9.17) is 12.2 Å². The molecule has 3 heterocycles. The van der Waals surface area contributed by atoms with Crippen LogP contribution in [0.25, 0.3) is 10.2 Å². The third kappa shape index (κ3) is 2.13. The average molecular weight is 293 g/mol. The Labute approximate surface area is 117 Å². The largest absolute Gasteiger partial charge is 0.323 e. The molecule has 0 saturated carbocycles. The third-order valence-corrected chi connectivity index (χ3v) is 4.12. The molecular formula is C11H11N5OS2. The first-order valence-corrected chi connectivity index (χ1v) is 6.99. The van der Waals surface area contributed by atoms with Crippen LogP contribution >= 0.6 is 23.6 Å². The highest BCUT2D eigenvalue weighted by atomic mass is 32.1. The van der Waals surface area contributed by atoms with E-state index in [1.807, 2.05) is 23.1 Å². The minimum absolute atomic E-state index is 0.0535. The lowest BCUT2D eigenvalue weighted by atomic mass is 10.3. The summed E-state index contributed by atoms with van der Waals surface area (Å²) in [5.41, 5.74) is -0.0535. The molecule has 0 atom stereocenters. The number of H-pyrrole nitrogens is 1. The summed E-state index contributed by atoms with van der Waals surface area (Å²) in [5, 5.41) is 10.4. The molecule has 0 saturated heterocycles. The van der Waals surface area contributed by atoms with Crippen molar-refractivity contribution in [3.63, 3.8) is 0 Å². The Balaban J connectivity index is 1.99. The highest BCUT2D eigenvalue weighted by Crippen LogP contribution is 2.14. The maximum absolute atomic E-state index is 12.3. The van der Waals surface area contributed by atoms with E-state index in [9.17, 15) is 4.79 Å². The van der Waals surface area contributed by atoms with Crippen molar-refractivity contribution in [3.05, 3.63) is 38.7 Å². The van der Waals surface area contributed by atoms with Crippen molar-refractivity contribution in [1.82, 2.24) is 24.3 Å². The van der Waals surface area contributed by atoms with Gasteiger partial charge in [-0.15, -0.1) is 21.5 Å². The van der Waals surface area contributed by atoms with Gasteiger partial charge in [-0.3, -0.25) is 9.36 Å². The van der Waals surface area contributed by atoms with Gasteiger partial charge >= 0.3 is 0 Å². The van der Waals surface area contributed by atoms with Crippen LogP contribution in [0.5, 0.6) is 0 Å². The number of aryl methyl sites for hydroxylation is 2. The average Bonchev–Trinajstić information content (AvgIpc) is 2.98. The Morgan fingerprint density at radius 1 is 1.53 bits per heavy atom. The second kappa shape index (κ2) is 4.71. The Morgan fingerprint density at radius 3 is 3.11 bits per heavy atom. The molecule has 19 heavy (non-hydrogen) atoms. The van der Waals surface area contributed by atoms with Crippen molar-refractivity contribution >= 4 is 33.8 Å². The van der Waals surface area contributed by atoms with Crippen LogP contribution in [0.2, 0.25) is 0 Å². The molecule has 0 aliphatic heterocycles. The Kier molecular flexibility index (Phi) is 3.03. The van der Waals surface area contributed by atoms with E-state index in [1.165, 1.54) is 11.3 Å². The number of fused-ring (bicyclic) bond motifs is 1. The summed E-state index contributed by atoms with van der Waals surface area (Å²) in [6, 6.07) is 1.81. The van der Waals surface area contributed by atoms with Crippen LogP contribution in [0.1, 0.15) is 5.82 Å². The van der Waals surface area contributed by atoms with Gasteiger partial charge in [0.25, 0.3) is 5.56 Å². The molecule has 1 N–H and O–H groups in total. The molecule has 3 aromatic heterocycles. The number of aromatic amines is 1. The van der Waals surface area contributed by atoms with Crippen molar-refractivity contribution in [2.45, 2.75) is 13.0 Å². The fraction of sp³-hybridized carbons (Fsp3) is 0.273. The van der Waals surface area contributed by atoms with Gasteiger partial charge in [0.05, 0.1) is 5.39 Å². The zero-order valence-corrected chi connectivity index (χ0v) is 11.8. The van der Waals surface area contributed by atoms with Crippen LogP contribution < -0.4 is 5.56 Å². The summed E-state index contributed by atoms with van der Waals surface area (Å²) in [7, 11) is 1.88. The van der Waals surface area contributed by atoms with Crippen LogP contribution in [-0.4, -0.2) is 24.3 Å². The highest BCUT2D eigenvalue weighted by molar-refractivity contribution is 7.71. The van der Waals surface area contributed by atoms with Crippen LogP contribution in [0.4, 0.5) is 0 Å². The van der Waals surface area contributed by atoms with Crippen LogP contribution in [0, 0.1) is 4.77 Å². The molecule has 98 valence electrons. The van der Waals surface area contributed by atoms with E-state index in [1.54, 1.807) is 10.9 Å². The summed E-state index contributed by atoms with van der Waals surface area (Å²) in [6.45, 7) is 0.493. The Hall–Kier alpha value is -1.80. The molecule has 0 radical (unpaired) electrons. The molecule has 0 amide bonds. The van der Waals surface area contributed by atoms with Gasteiger partial charge in [-0.05, 0) is 23.7 Å². The van der Waals surface area contributed by atoms with Crippen LogP contribution in [0.3, 0.4) is 0 Å². The molecule has 6 nitrogen and oxygen atoms in total. The minimum Gasteiger partial charge on any atom is -0.323 e. The first-order chi connectivity index (χ1) is 9.16. The van der Waals surface area contributed by atoms with E-state index in [-0.39, 0.29) is 5.56 Å². The van der Waals surface area contributed by atoms with Gasteiger partial charge in [-0.25, -0.2) is 0 Å². The molecule has 0 bridgehead atoms. The van der Waals surface area contributed by atoms with Gasteiger partial charge in [0.1, 0.15) is 17.0 Å². The van der Waals surface area contributed by atoms with E-state index in [2.05, 4.69) is 15.2 Å². The van der Waals surface area contributed by atoms with E-state index >= 15 is 0 Å². The lowest BCUT2D eigenvalue weighted by Gasteiger charge is -2.05. The molecule has 0 fully saturated rings. The van der Waals surface area contributed by atoms with Crippen molar-refractivity contribution in [2.24, 2.45) is 7.05 Å². The lowest BCUT2D eigenvalue weighted by molar-refractivity contribution is 0.619. The van der Waals surface area contributed by atoms with Crippen LogP contribution in [-0.2, 0) is 20.0 Å². The summed E-state index contributed by atoms with van der Waals surface area (Å²) < 4.78 is 3.85. The molecule has 0 aromatic carbocycles. The number of thiophene rings is 1. The molecular weight excluding hydrogens is 282 g/mol. The molecule has 8 heteroatoms. The maximum Gasteiger partial charge on any atom is 0.263 e. The minimum atomic E-state index is -0.0535. The molecule has 0 aliphatic rings. The number of hydrogen-bond donors (Lipinski definition) is 1. The Morgan fingerprint density at radius 2 is 2.37 bits per heavy atom. The molecule has 0 spiro atoms. The zero-order valence-electron chi connectivity index (χ0n) is 10.2. The topological polar surface area (TPSA) is 68.5 Å². The summed E-state index contributed by atoms with van der Waals surface area (Å²) in [4.78, 5) is 16.2. The van der Waals surface area contributed by atoms with E-state index < -0.39 is 0 Å². The summed E-state index contributed by atoms with van der Waals surface area (Å²) in [6.07, 6.45) is 2.25. The molecule has 3 rings (SSSR count). The lowest BCUT2D eigenvalue weighted by Crippen LogP contribution is -2.23. The fourth-order valence-corrected chi connectivity index (χ4v) is 3.04. The SMILES string of the molecule is Cn1cnnc1CCn1c(=S)[nH]c2sccc2c1=O. The monoisotopic (exact) mass is 293 g/mol. The number of rotatable bonds is 3. The predicted molar refractivity (Wildman–Crippen MR) is 76.0 cm³/mol. The first-order valence-electron chi connectivity index (χ1n) is 5.70. The fourth-order valence-electron chi connectivity index (χ4n) is 1.93. The number of nitrogens with zero attached hydrogens (tertiary/aromatic N) is 4. The van der Waals surface area contributed by atoms with Gasteiger partial charge in [-0.2, -0.15) is 0 Å². The van der Waals surface area contributed by atoms with Gasteiger partial charge < -0.3 is 9.55 Å². The third-order valence-electron chi connectivity index (χ3n) is 2.97.